The van der Waals surface area contributed by atoms with Gasteiger partial charge in [-0.25, -0.2) is 9.97 Å². The molecule has 0 saturated heterocycles. The lowest BCUT2D eigenvalue weighted by atomic mass is 9.93. The molecular weight excluding hydrogens is 260 g/mol. The highest BCUT2D eigenvalue weighted by Gasteiger charge is 2.36. The van der Waals surface area contributed by atoms with Gasteiger partial charge in [-0.1, -0.05) is 44.2 Å². The van der Waals surface area contributed by atoms with Gasteiger partial charge in [0.2, 0.25) is 0 Å². The Morgan fingerprint density at radius 1 is 1.16 bits per heavy atom. The molecule has 1 aromatic heterocycles. The summed E-state index contributed by atoms with van der Waals surface area (Å²) in [4.78, 5) is 9.15. The Kier molecular flexibility index (Phi) is 5.17. The number of aromatic nitrogens is 2. The number of aryl methyl sites for hydroxylation is 1. The second-order valence-electron chi connectivity index (χ2n) is 5.20. The van der Waals surface area contributed by atoms with E-state index >= 15 is 0 Å². The Labute approximate surface area is 120 Å². The van der Waals surface area contributed by atoms with Gasteiger partial charge in [0.25, 0.3) is 0 Å². The first kappa shape index (κ1) is 14.7. The van der Waals surface area contributed by atoms with Crippen molar-refractivity contribution < 1.29 is 4.74 Å². The molecule has 0 aliphatic heterocycles. The normalized spacial score (nSPS) is 19.1. The Morgan fingerprint density at radius 2 is 1.84 bits per heavy atom. The van der Waals surface area contributed by atoms with E-state index in [0.717, 1.165) is 30.8 Å². The molecule has 1 fully saturated rings. The van der Waals surface area contributed by atoms with E-state index < -0.39 is 0 Å². The number of halogens is 1. The molecule has 3 nitrogen and oxygen atoms in total. The van der Waals surface area contributed by atoms with Crippen LogP contribution in [0.3, 0.4) is 0 Å². The van der Waals surface area contributed by atoms with Gasteiger partial charge in [0.05, 0.1) is 0 Å². The third-order valence-electron chi connectivity index (χ3n) is 3.85. The number of nitrogens with zero attached hydrogens (tertiary/aromatic N) is 2. The third kappa shape index (κ3) is 3.46. The number of rotatable bonds is 4. The lowest BCUT2D eigenvalue weighted by molar-refractivity contribution is -0.0625. The lowest BCUT2D eigenvalue weighted by Crippen LogP contribution is -2.32. The van der Waals surface area contributed by atoms with Crippen LogP contribution in [0.5, 0.6) is 0 Å². The fourth-order valence-electron chi connectivity index (χ4n) is 2.86. The summed E-state index contributed by atoms with van der Waals surface area (Å²) >= 11 is 6.14. The number of hydrogen-bond donors (Lipinski definition) is 0. The summed E-state index contributed by atoms with van der Waals surface area (Å²) in [6, 6.07) is 1.85. The van der Waals surface area contributed by atoms with Crippen LogP contribution < -0.4 is 0 Å². The Bertz CT molecular complexity index is 415. The quantitative estimate of drug-likeness (QED) is 0.611. The molecule has 106 valence electrons. The minimum Gasteiger partial charge on any atom is -0.367 e. The van der Waals surface area contributed by atoms with E-state index in [9.17, 15) is 0 Å². The van der Waals surface area contributed by atoms with Gasteiger partial charge in [-0.15, -0.1) is 0 Å². The van der Waals surface area contributed by atoms with Crippen molar-refractivity contribution >= 4 is 11.6 Å². The molecular formula is C15H23ClN2O. The fourth-order valence-corrected chi connectivity index (χ4v) is 3.06. The van der Waals surface area contributed by atoms with E-state index in [1.165, 1.54) is 25.7 Å². The molecule has 0 atom stereocenters. The monoisotopic (exact) mass is 282 g/mol. The van der Waals surface area contributed by atoms with Crippen molar-refractivity contribution in [2.24, 2.45) is 0 Å². The summed E-state index contributed by atoms with van der Waals surface area (Å²) in [5.41, 5.74) is 0.679. The van der Waals surface area contributed by atoms with Gasteiger partial charge in [-0.05, 0) is 32.3 Å². The van der Waals surface area contributed by atoms with Crippen molar-refractivity contribution in [2.75, 3.05) is 6.61 Å². The predicted molar refractivity (Wildman–Crippen MR) is 77.4 cm³/mol. The van der Waals surface area contributed by atoms with Crippen LogP contribution in [0.15, 0.2) is 6.07 Å². The van der Waals surface area contributed by atoms with Crippen LogP contribution >= 0.6 is 11.6 Å². The maximum Gasteiger partial charge on any atom is 0.162 e. The van der Waals surface area contributed by atoms with E-state index in [2.05, 4.69) is 16.9 Å². The molecule has 0 N–H and O–H groups in total. The molecule has 0 radical (unpaired) electrons. The van der Waals surface area contributed by atoms with Crippen molar-refractivity contribution in [1.82, 2.24) is 9.97 Å². The van der Waals surface area contributed by atoms with Crippen molar-refractivity contribution in [1.29, 1.82) is 0 Å². The zero-order valence-corrected chi connectivity index (χ0v) is 12.7. The first-order valence-electron chi connectivity index (χ1n) is 7.38. The number of ether oxygens (including phenoxy) is 1. The third-order valence-corrected chi connectivity index (χ3v) is 4.04. The molecule has 1 aliphatic carbocycles. The minimum absolute atomic E-state index is 0.319. The van der Waals surface area contributed by atoms with Crippen LogP contribution in [-0.4, -0.2) is 16.6 Å². The van der Waals surface area contributed by atoms with Crippen LogP contribution in [0.4, 0.5) is 0 Å². The second-order valence-corrected chi connectivity index (χ2v) is 5.59. The van der Waals surface area contributed by atoms with Crippen molar-refractivity contribution in [3.63, 3.8) is 0 Å². The maximum absolute atomic E-state index is 6.14. The summed E-state index contributed by atoms with van der Waals surface area (Å²) in [6.45, 7) is 4.82. The van der Waals surface area contributed by atoms with Crippen LogP contribution in [0.2, 0.25) is 5.15 Å². The molecule has 1 saturated carbocycles. The van der Waals surface area contributed by atoms with E-state index in [0.29, 0.717) is 11.8 Å². The molecule has 1 aliphatic rings. The predicted octanol–water partition coefficient (Wildman–Crippen LogP) is 4.28. The topological polar surface area (TPSA) is 35.0 Å². The first-order valence-corrected chi connectivity index (χ1v) is 7.76. The molecule has 0 aromatic carbocycles. The average molecular weight is 283 g/mol. The van der Waals surface area contributed by atoms with Crippen molar-refractivity contribution in [3.8, 4) is 0 Å². The van der Waals surface area contributed by atoms with Crippen molar-refractivity contribution in [3.05, 3.63) is 22.7 Å². The summed E-state index contributed by atoms with van der Waals surface area (Å²) in [6.07, 6.45) is 7.78. The largest absolute Gasteiger partial charge is 0.367 e. The Hall–Kier alpha value is -0.670. The molecule has 0 unspecified atom stereocenters. The molecule has 1 aromatic rings. The van der Waals surface area contributed by atoms with Crippen LogP contribution in [0, 0.1) is 0 Å². The fraction of sp³-hybridized carbons (Fsp3) is 0.733. The van der Waals surface area contributed by atoms with Gasteiger partial charge in [-0.2, -0.15) is 0 Å². The summed E-state index contributed by atoms with van der Waals surface area (Å²) in [5, 5.41) is 0.533. The molecule has 0 spiro atoms. The lowest BCUT2D eigenvalue weighted by Gasteiger charge is -2.31. The van der Waals surface area contributed by atoms with Gasteiger partial charge in [0, 0.05) is 12.3 Å². The van der Waals surface area contributed by atoms with E-state index in [4.69, 9.17) is 16.3 Å². The van der Waals surface area contributed by atoms with Crippen LogP contribution in [-0.2, 0) is 16.8 Å². The SMILES string of the molecule is CCOC1(c2nc(Cl)cc(CC)n2)CCCCCC1. The maximum atomic E-state index is 6.14. The number of hydrogen-bond acceptors (Lipinski definition) is 3. The van der Waals surface area contributed by atoms with Crippen molar-refractivity contribution in [2.45, 2.75) is 64.4 Å². The molecule has 0 amide bonds. The zero-order valence-electron chi connectivity index (χ0n) is 11.9. The highest BCUT2D eigenvalue weighted by atomic mass is 35.5. The van der Waals surface area contributed by atoms with E-state index in [1.54, 1.807) is 0 Å². The summed E-state index contributed by atoms with van der Waals surface area (Å²) in [7, 11) is 0. The summed E-state index contributed by atoms with van der Waals surface area (Å²) < 4.78 is 6.11. The van der Waals surface area contributed by atoms with E-state index in [-0.39, 0.29) is 5.60 Å². The van der Waals surface area contributed by atoms with Gasteiger partial charge >= 0.3 is 0 Å². The Balaban J connectivity index is 2.39. The first-order chi connectivity index (χ1) is 9.20. The van der Waals surface area contributed by atoms with Gasteiger partial charge in [0.15, 0.2) is 5.82 Å². The molecule has 19 heavy (non-hydrogen) atoms. The summed E-state index contributed by atoms with van der Waals surface area (Å²) in [5.74, 6) is 0.792. The molecule has 2 rings (SSSR count). The van der Waals surface area contributed by atoms with Gasteiger partial charge in [-0.3, -0.25) is 0 Å². The standard InChI is InChI=1S/C15H23ClN2O/c1-3-12-11-13(16)18-14(17-12)15(19-4-2)9-7-5-6-8-10-15/h11H,3-10H2,1-2H3. The second kappa shape index (κ2) is 6.67. The zero-order chi connectivity index (χ0) is 13.7. The highest BCUT2D eigenvalue weighted by molar-refractivity contribution is 6.29. The average Bonchev–Trinajstić information content (AvgIpc) is 2.65. The molecule has 4 heteroatoms. The smallest absolute Gasteiger partial charge is 0.162 e. The van der Waals surface area contributed by atoms with E-state index in [1.807, 2.05) is 13.0 Å². The molecule has 1 heterocycles. The van der Waals surface area contributed by atoms with Crippen LogP contribution in [0.1, 0.15) is 63.9 Å². The highest BCUT2D eigenvalue weighted by Crippen LogP contribution is 2.38. The minimum atomic E-state index is -0.319. The van der Waals surface area contributed by atoms with Gasteiger partial charge in [0.1, 0.15) is 10.8 Å². The van der Waals surface area contributed by atoms with Gasteiger partial charge < -0.3 is 4.74 Å². The Morgan fingerprint density at radius 3 is 2.42 bits per heavy atom. The van der Waals surface area contributed by atoms with Crippen LogP contribution in [0.25, 0.3) is 0 Å². The molecule has 0 bridgehead atoms.